The van der Waals surface area contributed by atoms with Gasteiger partial charge in [0.2, 0.25) is 0 Å². The number of hydrogen-bond donors (Lipinski definition) is 2. The predicted molar refractivity (Wildman–Crippen MR) is 76.7 cm³/mol. The molecule has 0 amide bonds. The Morgan fingerprint density at radius 3 is 2.74 bits per heavy atom. The molecular weight excluding hydrogens is 240 g/mol. The van der Waals surface area contributed by atoms with Gasteiger partial charge in [0.15, 0.2) is 0 Å². The van der Waals surface area contributed by atoms with Gasteiger partial charge in [0, 0.05) is 26.2 Å². The molecule has 2 N–H and O–H groups in total. The number of nitrogens with zero attached hydrogens (tertiary/aromatic N) is 1. The number of rotatable bonds is 5. The molecule has 0 aliphatic carbocycles. The third-order valence-electron chi connectivity index (χ3n) is 3.86. The van der Waals surface area contributed by atoms with Crippen molar-refractivity contribution in [2.75, 3.05) is 39.4 Å². The molecule has 1 fully saturated rings. The molecule has 4 heteroatoms. The van der Waals surface area contributed by atoms with Crippen molar-refractivity contribution in [1.29, 1.82) is 0 Å². The van der Waals surface area contributed by atoms with Gasteiger partial charge in [-0.15, -0.1) is 0 Å². The second-order valence-electron chi connectivity index (χ2n) is 5.13. The summed E-state index contributed by atoms with van der Waals surface area (Å²) < 4.78 is 5.90. The van der Waals surface area contributed by atoms with Gasteiger partial charge in [-0.3, -0.25) is 4.90 Å². The normalized spacial score (nSPS) is 18.3. The second-order valence-corrected chi connectivity index (χ2v) is 5.13. The van der Waals surface area contributed by atoms with Crippen LogP contribution in [0.5, 0.6) is 5.75 Å². The van der Waals surface area contributed by atoms with Crippen LogP contribution in [0.15, 0.2) is 18.2 Å². The van der Waals surface area contributed by atoms with Crippen molar-refractivity contribution in [3.8, 4) is 5.75 Å². The number of piperazine rings is 1. The van der Waals surface area contributed by atoms with E-state index in [4.69, 9.17) is 4.74 Å². The lowest BCUT2D eigenvalue weighted by atomic mass is 10.1. The summed E-state index contributed by atoms with van der Waals surface area (Å²) in [7, 11) is 0. The minimum atomic E-state index is 0.0852. The standard InChI is InChI=1S/C15H24N2O2/c1-12-4-3-5-15(13(12)2)19-11-14(10-18)17-8-6-16-7-9-17/h3-5,14,16,18H,6-11H2,1-2H3. The van der Waals surface area contributed by atoms with Crippen molar-refractivity contribution in [3.63, 3.8) is 0 Å². The maximum atomic E-state index is 9.54. The van der Waals surface area contributed by atoms with E-state index in [-0.39, 0.29) is 12.6 Å². The average Bonchev–Trinajstić information content (AvgIpc) is 2.45. The molecular formula is C15H24N2O2. The molecule has 1 atom stereocenters. The lowest BCUT2D eigenvalue weighted by Crippen LogP contribution is -2.51. The highest BCUT2D eigenvalue weighted by Gasteiger charge is 2.20. The average molecular weight is 264 g/mol. The zero-order valence-electron chi connectivity index (χ0n) is 11.9. The largest absolute Gasteiger partial charge is 0.492 e. The first-order valence-electron chi connectivity index (χ1n) is 6.97. The Hall–Kier alpha value is -1.10. The van der Waals surface area contributed by atoms with Crippen LogP contribution in [0.4, 0.5) is 0 Å². The third-order valence-corrected chi connectivity index (χ3v) is 3.86. The van der Waals surface area contributed by atoms with Gasteiger partial charge in [-0.25, -0.2) is 0 Å². The first-order chi connectivity index (χ1) is 9.22. The van der Waals surface area contributed by atoms with Crippen LogP contribution in [0.1, 0.15) is 11.1 Å². The molecule has 0 saturated carbocycles. The fourth-order valence-corrected chi connectivity index (χ4v) is 2.39. The summed E-state index contributed by atoms with van der Waals surface area (Å²) in [6, 6.07) is 6.18. The maximum absolute atomic E-state index is 9.54. The van der Waals surface area contributed by atoms with Crippen LogP contribution in [-0.4, -0.2) is 55.4 Å². The van der Waals surface area contributed by atoms with Gasteiger partial charge in [0.05, 0.1) is 12.6 Å². The zero-order chi connectivity index (χ0) is 13.7. The molecule has 1 aromatic rings. The van der Waals surface area contributed by atoms with E-state index in [1.54, 1.807) is 0 Å². The molecule has 1 aliphatic heterocycles. The predicted octanol–water partition coefficient (Wildman–Crippen LogP) is 0.948. The summed E-state index contributed by atoms with van der Waals surface area (Å²) in [5.74, 6) is 0.925. The molecule has 2 rings (SSSR count). The molecule has 106 valence electrons. The van der Waals surface area contributed by atoms with E-state index in [2.05, 4.69) is 30.1 Å². The number of aryl methyl sites for hydroxylation is 1. The zero-order valence-corrected chi connectivity index (χ0v) is 11.9. The van der Waals surface area contributed by atoms with E-state index < -0.39 is 0 Å². The minimum absolute atomic E-state index is 0.0852. The maximum Gasteiger partial charge on any atom is 0.122 e. The number of ether oxygens (including phenoxy) is 1. The van der Waals surface area contributed by atoms with Gasteiger partial charge in [-0.1, -0.05) is 12.1 Å². The van der Waals surface area contributed by atoms with Crippen LogP contribution in [-0.2, 0) is 0 Å². The topological polar surface area (TPSA) is 44.7 Å². The molecule has 1 aromatic carbocycles. The van der Waals surface area contributed by atoms with Crippen molar-refractivity contribution in [2.45, 2.75) is 19.9 Å². The van der Waals surface area contributed by atoms with Crippen LogP contribution in [0.2, 0.25) is 0 Å². The summed E-state index contributed by atoms with van der Waals surface area (Å²) in [6.07, 6.45) is 0. The van der Waals surface area contributed by atoms with Gasteiger partial charge < -0.3 is 15.2 Å². The highest BCUT2D eigenvalue weighted by atomic mass is 16.5. The van der Waals surface area contributed by atoms with Gasteiger partial charge in [-0.2, -0.15) is 0 Å². The monoisotopic (exact) mass is 264 g/mol. The van der Waals surface area contributed by atoms with Gasteiger partial charge >= 0.3 is 0 Å². The quantitative estimate of drug-likeness (QED) is 0.831. The van der Waals surface area contributed by atoms with Crippen LogP contribution < -0.4 is 10.1 Å². The summed E-state index contributed by atoms with van der Waals surface area (Å²) in [5, 5.41) is 12.9. The van der Waals surface area contributed by atoms with E-state index in [1.807, 2.05) is 12.1 Å². The summed E-state index contributed by atoms with van der Waals surface area (Å²) in [6.45, 7) is 8.76. The molecule has 0 bridgehead atoms. The van der Waals surface area contributed by atoms with Crippen molar-refractivity contribution in [1.82, 2.24) is 10.2 Å². The van der Waals surface area contributed by atoms with Crippen molar-refractivity contribution < 1.29 is 9.84 Å². The Morgan fingerprint density at radius 2 is 2.05 bits per heavy atom. The SMILES string of the molecule is Cc1cccc(OCC(CO)N2CCNCC2)c1C. The van der Waals surface area contributed by atoms with E-state index >= 15 is 0 Å². The van der Waals surface area contributed by atoms with Crippen molar-refractivity contribution in [3.05, 3.63) is 29.3 Å². The number of aliphatic hydroxyl groups excluding tert-OH is 1. The first-order valence-corrected chi connectivity index (χ1v) is 6.97. The smallest absolute Gasteiger partial charge is 0.122 e. The molecule has 1 saturated heterocycles. The van der Waals surface area contributed by atoms with Crippen LogP contribution >= 0.6 is 0 Å². The van der Waals surface area contributed by atoms with Crippen molar-refractivity contribution in [2.24, 2.45) is 0 Å². The van der Waals surface area contributed by atoms with Crippen LogP contribution in [0, 0.1) is 13.8 Å². The molecule has 0 aromatic heterocycles. The Kier molecular flexibility index (Phi) is 5.19. The van der Waals surface area contributed by atoms with E-state index in [1.165, 1.54) is 11.1 Å². The van der Waals surface area contributed by atoms with Crippen LogP contribution in [0.25, 0.3) is 0 Å². The molecule has 1 aliphatic rings. The van der Waals surface area contributed by atoms with Crippen molar-refractivity contribution >= 4 is 0 Å². The Morgan fingerprint density at radius 1 is 1.32 bits per heavy atom. The fourth-order valence-electron chi connectivity index (χ4n) is 2.39. The highest BCUT2D eigenvalue weighted by Crippen LogP contribution is 2.21. The molecule has 19 heavy (non-hydrogen) atoms. The summed E-state index contributed by atoms with van der Waals surface area (Å²) in [4.78, 5) is 2.29. The summed E-state index contributed by atoms with van der Waals surface area (Å²) >= 11 is 0. The van der Waals surface area contributed by atoms with E-state index in [0.29, 0.717) is 6.61 Å². The summed E-state index contributed by atoms with van der Waals surface area (Å²) in [5.41, 5.74) is 2.42. The lowest BCUT2D eigenvalue weighted by Gasteiger charge is -2.33. The second kappa shape index (κ2) is 6.89. The fraction of sp³-hybridized carbons (Fsp3) is 0.600. The molecule has 1 heterocycles. The Labute approximate surface area is 115 Å². The van der Waals surface area contributed by atoms with Crippen LogP contribution in [0.3, 0.4) is 0 Å². The number of hydrogen-bond acceptors (Lipinski definition) is 4. The molecule has 1 unspecified atom stereocenters. The molecule has 0 spiro atoms. The van der Waals surface area contributed by atoms with Gasteiger partial charge in [0.1, 0.15) is 12.4 Å². The highest BCUT2D eigenvalue weighted by molar-refractivity contribution is 5.38. The number of aliphatic hydroxyl groups is 1. The van der Waals surface area contributed by atoms with E-state index in [9.17, 15) is 5.11 Å². The molecule has 0 radical (unpaired) electrons. The first kappa shape index (κ1) is 14.3. The van der Waals surface area contributed by atoms with Gasteiger partial charge in [-0.05, 0) is 31.0 Å². The van der Waals surface area contributed by atoms with E-state index in [0.717, 1.165) is 31.9 Å². The Bertz CT molecular complexity index is 403. The molecule has 4 nitrogen and oxygen atoms in total. The number of nitrogens with one attached hydrogen (secondary N) is 1. The third kappa shape index (κ3) is 3.69. The Balaban J connectivity index is 1.93. The number of benzene rings is 1. The van der Waals surface area contributed by atoms with Gasteiger partial charge in [0.25, 0.3) is 0 Å². The lowest BCUT2D eigenvalue weighted by molar-refractivity contribution is 0.0732. The minimum Gasteiger partial charge on any atom is -0.492 e.